The fourth-order valence-corrected chi connectivity index (χ4v) is 4.99. The minimum absolute atomic E-state index is 0.115. The summed E-state index contributed by atoms with van der Waals surface area (Å²) in [5.74, 6) is -0.737. The number of hydrogen-bond donors (Lipinski definition) is 1. The number of fused-ring (bicyclic) bond motifs is 1. The van der Waals surface area contributed by atoms with Crippen LogP contribution in [-0.2, 0) is 4.79 Å². The van der Waals surface area contributed by atoms with E-state index in [4.69, 9.17) is 4.98 Å². The normalized spacial score (nSPS) is 19.1. The van der Waals surface area contributed by atoms with Crippen LogP contribution in [0.25, 0.3) is 10.2 Å². The van der Waals surface area contributed by atoms with Gasteiger partial charge in [0.05, 0.1) is 16.3 Å². The lowest BCUT2D eigenvalue weighted by atomic mass is 9.97. The van der Waals surface area contributed by atoms with Gasteiger partial charge in [0.2, 0.25) is 0 Å². The van der Waals surface area contributed by atoms with Crippen molar-refractivity contribution in [2.24, 2.45) is 0 Å². The lowest BCUT2D eigenvalue weighted by Crippen LogP contribution is -2.39. The van der Waals surface area contributed by atoms with Crippen LogP contribution in [0.15, 0.2) is 42.5 Å². The molecule has 0 aliphatic carbocycles. The minimum atomic E-state index is -0.737. The zero-order valence-corrected chi connectivity index (χ0v) is 15.8. The number of carboxylic acid groups (broad SMARTS) is 1. The van der Waals surface area contributed by atoms with E-state index in [0.29, 0.717) is 6.42 Å². The molecule has 1 aliphatic heterocycles. The first kappa shape index (κ1) is 17.2. The number of aryl methyl sites for hydroxylation is 2. The Morgan fingerprint density at radius 2 is 2.08 bits per heavy atom. The number of aliphatic carboxylic acids is 1. The Morgan fingerprint density at radius 1 is 1.27 bits per heavy atom. The average molecular weight is 366 g/mol. The molecule has 0 bridgehead atoms. The van der Waals surface area contributed by atoms with Crippen LogP contribution in [0.1, 0.15) is 40.6 Å². The van der Waals surface area contributed by atoms with Gasteiger partial charge in [-0.3, -0.25) is 9.69 Å². The highest BCUT2D eigenvalue weighted by molar-refractivity contribution is 7.18. The first-order valence-corrected chi connectivity index (χ1v) is 9.77. The van der Waals surface area contributed by atoms with Gasteiger partial charge in [0.25, 0.3) is 0 Å². The van der Waals surface area contributed by atoms with Crippen molar-refractivity contribution in [3.8, 4) is 0 Å². The molecule has 2 unspecified atom stereocenters. The SMILES string of the molecule is Cc1ccc(C)c(C(c2nc3ccccc3s2)N2CCCC2C(=O)O)c1. The topological polar surface area (TPSA) is 53.4 Å². The lowest BCUT2D eigenvalue weighted by Gasteiger charge is -2.31. The molecule has 2 aromatic carbocycles. The Bertz CT molecular complexity index is 933. The number of nitrogens with zero attached hydrogens (tertiary/aromatic N) is 2. The number of hydrogen-bond acceptors (Lipinski definition) is 4. The average Bonchev–Trinajstić information content (AvgIpc) is 3.25. The second-order valence-electron chi connectivity index (χ2n) is 7.02. The van der Waals surface area contributed by atoms with Crippen molar-refractivity contribution in [3.05, 3.63) is 64.2 Å². The van der Waals surface area contributed by atoms with Crippen molar-refractivity contribution in [2.75, 3.05) is 6.54 Å². The van der Waals surface area contributed by atoms with Gasteiger partial charge in [0.1, 0.15) is 11.0 Å². The zero-order chi connectivity index (χ0) is 18.3. The van der Waals surface area contributed by atoms with Gasteiger partial charge >= 0.3 is 5.97 Å². The Balaban J connectivity index is 1.88. The van der Waals surface area contributed by atoms with E-state index in [9.17, 15) is 9.90 Å². The molecule has 2 heterocycles. The first-order chi connectivity index (χ1) is 12.5. The molecule has 1 fully saturated rings. The summed E-state index contributed by atoms with van der Waals surface area (Å²) in [6.45, 7) is 4.96. The molecule has 1 saturated heterocycles. The molecule has 3 aromatic rings. The van der Waals surface area contributed by atoms with Crippen LogP contribution in [-0.4, -0.2) is 33.5 Å². The van der Waals surface area contributed by atoms with E-state index in [1.165, 1.54) is 11.1 Å². The molecule has 1 aromatic heterocycles. The Hall–Kier alpha value is -2.24. The highest BCUT2D eigenvalue weighted by Crippen LogP contribution is 2.39. The van der Waals surface area contributed by atoms with Crippen LogP contribution in [0, 0.1) is 13.8 Å². The molecule has 0 amide bonds. The molecule has 4 nitrogen and oxygen atoms in total. The fourth-order valence-electron chi connectivity index (χ4n) is 3.88. The van der Waals surface area contributed by atoms with E-state index in [-0.39, 0.29) is 6.04 Å². The number of likely N-dealkylation sites (tertiary alicyclic amines) is 1. The maximum atomic E-state index is 11.8. The lowest BCUT2D eigenvalue weighted by molar-refractivity contribution is -0.142. The zero-order valence-electron chi connectivity index (χ0n) is 15.0. The van der Waals surface area contributed by atoms with E-state index < -0.39 is 12.0 Å². The number of aromatic nitrogens is 1. The van der Waals surface area contributed by atoms with Gasteiger partial charge < -0.3 is 5.11 Å². The predicted molar refractivity (Wildman–Crippen MR) is 105 cm³/mol. The van der Waals surface area contributed by atoms with Gasteiger partial charge in [-0.2, -0.15) is 0 Å². The van der Waals surface area contributed by atoms with E-state index in [1.54, 1.807) is 11.3 Å². The number of rotatable bonds is 4. The maximum Gasteiger partial charge on any atom is 0.320 e. The summed E-state index contributed by atoms with van der Waals surface area (Å²) in [4.78, 5) is 18.9. The van der Waals surface area contributed by atoms with Crippen LogP contribution < -0.4 is 0 Å². The second-order valence-corrected chi connectivity index (χ2v) is 8.08. The molecule has 4 rings (SSSR count). The number of para-hydroxylation sites is 1. The Kier molecular flexibility index (Phi) is 4.51. The standard InChI is InChI=1S/C21H22N2O2S/c1-13-9-10-14(2)15(12-13)19(23-11-5-7-17(23)21(24)25)20-22-16-6-3-4-8-18(16)26-20/h3-4,6,8-10,12,17,19H,5,7,11H2,1-2H3,(H,24,25). The minimum Gasteiger partial charge on any atom is -0.480 e. The third-order valence-corrected chi connectivity index (χ3v) is 6.27. The van der Waals surface area contributed by atoms with Crippen LogP contribution in [0.5, 0.6) is 0 Å². The molecule has 134 valence electrons. The van der Waals surface area contributed by atoms with Crippen molar-refractivity contribution < 1.29 is 9.90 Å². The van der Waals surface area contributed by atoms with Crippen LogP contribution in [0.4, 0.5) is 0 Å². The van der Waals surface area contributed by atoms with Crippen LogP contribution in [0.2, 0.25) is 0 Å². The predicted octanol–water partition coefficient (Wildman–Crippen LogP) is 4.55. The number of carboxylic acids is 1. The summed E-state index contributed by atoms with van der Waals surface area (Å²) >= 11 is 1.67. The number of thiazole rings is 1. The third kappa shape index (κ3) is 3.02. The Morgan fingerprint density at radius 3 is 2.85 bits per heavy atom. The maximum absolute atomic E-state index is 11.8. The summed E-state index contributed by atoms with van der Waals surface area (Å²) in [7, 11) is 0. The van der Waals surface area contributed by atoms with Gasteiger partial charge in [-0.25, -0.2) is 4.98 Å². The quantitative estimate of drug-likeness (QED) is 0.736. The molecule has 0 radical (unpaired) electrons. The van der Waals surface area contributed by atoms with Gasteiger partial charge in [-0.1, -0.05) is 35.9 Å². The summed E-state index contributed by atoms with van der Waals surface area (Å²) in [5, 5.41) is 10.7. The highest BCUT2D eigenvalue weighted by Gasteiger charge is 2.38. The molecular formula is C21H22N2O2S. The fraction of sp³-hybridized carbons (Fsp3) is 0.333. The van der Waals surface area contributed by atoms with Crippen molar-refractivity contribution in [1.29, 1.82) is 0 Å². The number of carbonyl (C=O) groups is 1. The van der Waals surface area contributed by atoms with Crippen molar-refractivity contribution in [3.63, 3.8) is 0 Å². The first-order valence-electron chi connectivity index (χ1n) is 8.96. The highest BCUT2D eigenvalue weighted by atomic mass is 32.1. The second kappa shape index (κ2) is 6.82. The van der Waals surface area contributed by atoms with Crippen LogP contribution >= 0.6 is 11.3 Å². The van der Waals surface area contributed by atoms with Gasteiger partial charge in [-0.05, 0) is 49.9 Å². The largest absolute Gasteiger partial charge is 0.480 e. The molecule has 0 saturated carbocycles. The van der Waals surface area contributed by atoms with Crippen molar-refractivity contribution >= 4 is 27.5 Å². The van der Waals surface area contributed by atoms with E-state index >= 15 is 0 Å². The van der Waals surface area contributed by atoms with E-state index in [2.05, 4.69) is 43.0 Å². The van der Waals surface area contributed by atoms with Crippen molar-refractivity contribution in [1.82, 2.24) is 9.88 Å². The third-order valence-electron chi connectivity index (χ3n) is 5.18. The van der Waals surface area contributed by atoms with E-state index in [0.717, 1.165) is 33.8 Å². The van der Waals surface area contributed by atoms with Gasteiger partial charge in [0.15, 0.2) is 0 Å². The van der Waals surface area contributed by atoms with E-state index in [1.807, 2.05) is 18.2 Å². The molecule has 2 atom stereocenters. The number of benzene rings is 2. The monoisotopic (exact) mass is 366 g/mol. The summed E-state index contributed by atoms with van der Waals surface area (Å²) in [6.07, 6.45) is 1.60. The smallest absolute Gasteiger partial charge is 0.320 e. The van der Waals surface area contributed by atoms with Crippen molar-refractivity contribution in [2.45, 2.75) is 38.8 Å². The molecule has 1 aliphatic rings. The summed E-state index contributed by atoms with van der Waals surface area (Å²) in [6, 6.07) is 14.0. The Labute approximate surface area is 157 Å². The van der Waals surface area contributed by atoms with Gasteiger partial charge in [0, 0.05) is 6.54 Å². The summed E-state index contributed by atoms with van der Waals surface area (Å²) in [5.41, 5.74) is 4.50. The molecule has 5 heteroatoms. The molecular weight excluding hydrogens is 344 g/mol. The molecule has 1 N–H and O–H groups in total. The molecule has 0 spiro atoms. The summed E-state index contributed by atoms with van der Waals surface area (Å²) < 4.78 is 1.14. The van der Waals surface area contributed by atoms with Gasteiger partial charge in [-0.15, -0.1) is 11.3 Å². The van der Waals surface area contributed by atoms with Crippen LogP contribution in [0.3, 0.4) is 0 Å². The molecule has 26 heavy (non-hydrogen) atoms.